The van der Waals surface area contributed by atoms with Gasteiger partial charge in [0.1, 0.15) is 0 Å². The topological polar surface area (TPSA) is 6.48 Å². The number of unbranched alkanes of at least 4 members (excludes halogenated alkanes) is 1. The first kappa shape index (κ1) is 28.5. The van der Waals surface area contributed by atoms with Crippen molar-refractivity contribution >= 4 is 40.1 Å². The Morgan fingerprint density at radius 3 is 2.40 bits per heavy atom. The highest BCUT2D eigenvalue weighted by molar-refractivity contribution is 6.88. The van der Waals surface area contributed by atoms with E-state index in [0.29, 0.717) is 0 Å². The molecule has 3 heteroatoms. The highest BCUT2D eigenvalue weighted by Crippen LogP contribution is 2.66. The van der Waals surface area contributed by atoms with Crippen LogP contribution in [0.25, 0.3) is 33.0 Å². The Balaban J connectivity index is 1.31. The first-order chi connectivity index (χ1) is 23.5. The molecule has 2 aliphatic carbocycles. The lowest BCUT2D eigenvalue weighted by Gasteiger charge is -2.53. The smallest absolute Gasteiger partial charge is 0.329 e. The molecule has 3 heterocycles. The molecule has 2 unspecified atom stereocenters. The predicted molar refractivity (Wildman–Crippen MR) is 205 cm³/mol. The van der Waals surface area contributed by atoms with E-state index in [2.05, 4.69) is 140 Å². The largest absolute Gasteiger partial charge is 0.376 e. The molecule has 0 aromatic heterocycles. The Bertz CT molecular complexity index is 2190. The minimum atomic E-state index is 0.0571. The minimum Gasteiger partial charge on any atom is -0.376 e. The molecule has 48 heavy (non-hydrogen) atoms. The fourth-order valence-electron chi connectivity index (χ4n) is 10.4. The molecule has 5 aliphatic rings. The molecular formula is C45H43BN2. The van der Waals surface area contributed by atoms with Gasteiger partial charge in [0.25, 0.3) is 0 Å². The van der Waals surface area contributed by atoms with Crippen LogP contribution in [0.5, 0.6) is 0 Å². The molecule has 2 atom stereocenters. The second kappa shape index (κ2) is 10.3. The Kier molecular flexibility index (Phi) is 6.09. The lowest BCUT2D eigenvalue weighted by atomic mass is 9.42. The van der Waals surface area contributed by atoms with E-state index >= 15 is 0 Å². The van der Waals surface area contributed by atoms with Crippen LogP contribution in [0.2, 0.25) is 0 Å². The molecule has 1 saturated heterocycles. The standard InChI is InChI=1S/C45H43BN2/c1-4-5-13-30-18-21-34(22-19-30)48-42-35-17-10-9-16-32(35)20-23-36(42)37-28-33(31-14-7-6-8-15-31)29-40-41(37)46(48)39-25-24-38-43(39)47(40)45(3)27-12-11-26-44(38,45)2/h6-10,14-24,28-29H,4-5,11-13,25-27H2,1-3H3. The number of fused-ring (bicyclic) bond motifs is 9. The van der Waals surface area contributed by atoms with E-state index in [9.17, 15) is 0 Å². The molecule has 0 spiro atoms. The molecule has 0 amide bonds. The van der Waals surface area contributed by atoms with Crippen molar-refractivity contribution in [1.82, 2.24) is 0 Å². The SMILES string of the molecule is CCCCc1ccc(N2B3C4=C5C(=CC4)C4(C)CCCCC4(C)N5c4cc(-c5ccccc5)cc(c43)-c3ccc4ccccc4c32)cc1. The number of nitrogens with zero attached hydrogens (tertiary/aromatic N) is 2. The van der Waals surface area contributed by atoms with E-state index in [1.807, 2.05) is 0 Å². The number of hydrogen-bond donors (Lipinski definition) is 0. The van der Waals surface area contributed by atoms with Crippen molar-refractivity contribution in [2.45, 2.75) is 77.7 Å². The zero-order valence-corrected chi connectivity index (χ0v) is 28.5. The van der Waals surface area contributed by atoms with Crippen molar-refractivity contribution in [3.63, 3.8) is 0 Å². The third-order valence-electron chi connectivity index (χ3n) is 13.0. The summed E-state index contributed by atoms with van der Waals surface area (Å²) in [6.07, 6.45) is 12.4. The molecule has 0 N–H and O–H groups in total. The number of hydrogen-bond acceptors (Lipinski definition) is 2. The van der Waals surface area contributed by atoms with Crippen LogP contribution >= 0.6 is 0 Å². The van der Waals surface area contributed by atoms with Crippen molar-refractivity contribution in [3.05, 3.63) is 132 Å². The Labute approximate surface area is 285 Å². The number of rotatable bonds is 5. The molecule has 5 aromatic carbocycles. The Morgan fingerprint density at radius 2 is 1.56 bits per heavy atom. The average Bonchev–Trinajstić information content (AvgIpc) is 3.66. The summed E-state index contributed by atoms with van der Waals surface area (Å²) in [6, 6.07) is 39.6. The van der Waals surface area contributed by atoms with E-state index in [0.717, 1.165) is 12.8 Å². The van der Waals surface area contributed by atoms with Gasteiger partial charge in [-0.05, 0) is 107 Å². The van der Waals surface area contributed by atoms with Gasteiger partial charge in [0.2, 0.25) is 0 Å². The van der Waals surface area contributed by atoms with Crippen LogP contribution < -0.4 is 15.2 Å². The quantitative estimate of drug-likeness (QED) is 0.180. The molecular weight excluding hydrogens is 579 g/mol. The van der Waals surface area contributed by atoms with Gasteiger partial charge in [0, 0.05) is 39.1 Å². The first-order valence-corrected chi connectivity index (χ1v) is 18.4. The second-order valence-electron chi connectivity index (χ2n) is 15.4. The van der Waals surface area contributed by atoms with E-state index in [1.54, 1.807) is 16.7 Å². The van der Waals surface area contributed by atoms with Gasteiger partial charge in [-0.15, -0.1) is 0 Å². The van der Waals surface area contributed by atoms with Crippen molar-refractivity contribution in [2.75, 3.05) is 9.71 Å². The average molecular weight is 623 g/mol. The first-order valence-electron chi connectivity index (χ1n) is 18.4. The van der Waals surface area contributed by atoms with Gasteiger partial charge in [-0.3, -0.25) is 0 Å². The van der Waals surface area contributed by atoms with E-state index in [4.69, 9.17) is 0 Å². The van der Waals surface area contributed by atoms with Crippen LogP contribution in [0.1, 0.15) is 71.3 Å². The summed E-state index contributed by atoms with van der Waals surface area (Å²) in [4.78, 5) is 5.62. The summed E-state index contributed by atoms with van der Waals surface area (Å²) in [5.41, 5.74) is 17.3. The maximum atomic E-state index is 2.88. The van der Waals surface area contributed by atoms with Gasteiger partial charge in [0.05, 0.1) is 5.54 Å². The van der Waals surface area contributed by atoms with Gasteiger partial charge in [-0.1, -0.05) is 118 Å². The third-order valence-corrected chi connectivity index (χ3v) is 13.0. The van der Waals surface area contributed by atoms with Crippen molar-refractivity contribution in [1.29, 1.82) is 0 Å². The summed E-state index contributed by atoms with van der Waals surface area (Å²) in [5.74, 6) is 0. The van der Waals surface area contributed by atoms with Gasteiger partial charge < -0.3 is 9.71 Å². The Morgan fingerprint density at radius 1 is 0.771 bits per heavy atom. The lowest BCUT2D eigenvalue weighted by Crippen LogP contribution is -2.60. The molecule has 5 aromatic rings. The second-order valence-corrected chi connectivity index (χ2v) is 15.4. The molecule has 3 aliphatic heterocycles. The number of benzene rings is 5. The normalized spacial score (nSPS) is 23.2. The van der Waals surface area contributed by atoms with Crippen LogP contribution in [0.3, 0.4) is 0 Å². The molecule has 236 valence electrons. The summed E-state index contributed by atoms with van der Waals surface area (Å²) in [7, 11) is 0. The van der Waals surface area contributed by atoms with Crippen molar-refractivity contribution < 1.29 is 0 Å². The third kappa shape index (κ3) is 3.65. The molecule has 10 rings (SSSR count). The van der Waals surface area contributed by atoms with E-state index in [1.165, 1.54) is 99.6 Å². The van der Waals surface area contributed by atoms with Crippen molar-refractivity contribution in [3.8, 4) is 22.3 Å². The van der Waals surface area contributed by atoms with Crippen LogP contribution in [0.4, 0.5) is 17.1 Å². The zero-order valence-electron chi connectivity index (χ0n) is 28.5. The van der Waals surface area contributed by atoms with Gasteiger partial charge >= 0.3 is 6.85 Å². The summed E-state index contributed by atoms with van der Waals surface area (Å²) < 4.78 is 0. The van der Waals surface area contributed by atoms with Gasteiger partial charge in [-0.25, -0.2) is 0 Å². The maximum absolute atomic E-state index is 2.88. The van der Waals surface area contributed by atoms with E-state index in [-0.39, 0.29) is 17.8 Å². The van der Waals surface area contributed by atoms with Crippen LogP contribution in [-0.2, 0) is 6.42 Å². The summed E-state index contributed by atoms with van der Waals surface area (Å²) in [6.45, 7) is 7.62. The van der Waals surface area contributed by atoms with Crippen LogP contribution in [0, 0.1) is 5.41 Å². The molecule has 0 radical (unpaired) electrons. The van der Waals surface area contributed by atoms with Crippen LogP contribution in [0.15, 0.2) is 126 Å². The zero-order chi connectivity index (χ0) is 32.2. The summed E-state index contributed by atoms with van der Waals surface area (Å²) in [5, 5.41) is 2.64. The Hall–Kier alpha value is -4.50. The highest BCUT2D eigenvalue weighted by Gasteiger charge is 2.64. The highest BCUT2D eigenvalue weighted by atomic mass is 15.3. The fourth-order valence-corrected chi connectivity index (χ4v) is 10.4. The number of aryl methyl sites for hydroxylation is 1. The van der Waals surface area contributed by atoms with Gasteiger partial charge in [-0.2, -0.15) is 0 Å². The minimum absolute atomic E-state index is 0.0571. The van der Waals surface area contributed by atoms with E-state index < -0.39 is 0 Å². The maximum Gasteiger partial charge on any atom is 0.329 e. The molecule has 2 nitrogen and oxygen atoms in total. The van der Waals surface area contributed by atoms with Crippen molar-refractivity contribution in [2.24, 2.45) is 5.41 Å². The molecule has 1 saturated carbocycles. The van der Waals surface area contributed by atoms with Gasteiger partial charge in [0.15, 0.2) is 0 Å². The fraction of sp³-hybridized carbons (Fsp3) is 0.289. The monoisotopic (exact) mass is 622 g/mol. The lowest BCUT2D eigenvalue weighted by molar-refractivity contribution is 0.159. The number of anilines is 3. The van der Waals surface area contributed by atoms with Crippen LogP contribution in [-0.4, -0.2) is 12.4 Å². The summed E-state index contributed by atoms with van der Waals surface area (Å²) >= 11 is 0. The molecule has 0 bridgehead atoms. The number of allylic oxidation sites excluding steroid dienone is 3. The predicted octanol–water partition coefficient (Wildman–Crippen LogP) is 11.2. The molecule has 2 fully saturated rings.